The third kappa shape index (κ3) is 6.55. The van der Waals surface area contributed by atoms with Crippen molar-refractivity contribution in [3.63, 3.8) is 0 Å². The van der Waals surface area contributed by atoms with E-state index in [4.69, 9.17) is 0 Å². The second-order valence-corrected chi connectivity index (χ2v) is 10.9. The van der Waals surface area contributed by atoms with Crippen molar-refractivity contribution in [3.8, 4) is 0 Å². The summed E-state index contributed by atoms with van der Waals surface area (Å²) in [6.45, 7) is 4.55. The maximum absolute atomic E-state index is 13.8. The summed E-state index contributed by atoms with van der Waals surface area (Å²) in [4.78, 5) is 4.06. The molecule has 1 fully saturated rings. The molecule has 1 saturated carbocycles. The largest absolute Gasteiger partial charge is 0.357 e. The van der Waals surface area contributed by atoms with E-state index in [0.29, 0.717) is 18.3 Å². The van der Waals surface area contributed by atoms with E-state index >= 15 is 0 Å². The molecule has 2 N–H and O–H groups in total. The number of hydrogen-bond acceptors (Lipinski definition) is 4. The molecular formula is C19H30FN3O3S2. The van der Waals surface area contributed by atoms with Gasteiger partial charge in [0, 0.05) is 34.4 Å². The molecule has 1 aliphatic rings. The van der Waals surface area contributed by atoms with Crippen LogP contribution in [0.1, 0.15) is 39.5 Å². The number of hydrogen-bond donors (Lipinski definition) is 2. The van der Waals surface area contributed by atoms with Crippen molar-refractivity contribution in [2.45, 2.75) is 55.7 Å². The number of sulfone groups is 1. The van der Waals surface area contributed by atoms with Crippen LogP contribution in [0.5, 0.6) is 0 Å². The minimum atomic E-state index is -3.74. The molecule has 0 saturated heterocycles. The van der Waals surface area contributed by atoms with E-state index in [9.17, 15) is 17.0 Å². The first kappa shape index (κ1) is 22.8. The van der Waals surface area contributed by atoms with Crippen molar-refractivity contribution in [1.82, 2.24) is 10.6 Å². The van der Waals surface area contributed by atoms with Crippen molar-refractivity contribution in [1.29, 1.82) is 0 Å². The second-order valence-electron chi connectivity index (χ2n) is 6.81. The van der Waals surface area contributed by atoms with Gasteiger partial charge in [0.2, 0.25) is 0 Å². The molecule has 3 unspecified atom stereocenters. The summed E-state index contributed by atoms with van der Waals surface area (Å²) >= 11 is 0. The highest BCUT2D eigenvalue weighted by Gasteiger charge is 2.26. The van der Waals surface area contributed by atoms with Crippen molar-refractivity contribution < 1.29 is 17.0 Å². The summed E-state index contributed by atoms with van der Waals surface area (Å²) < 4.78 is 50.6. The van der Waals surface area contributed by atoms with Gasteiger partial charge in [-0.3, -0.25) is 9.20 Å². The van der Waals surface area contributed by atoms with E-state index in [1.54, 1.807) is 0 Å². The molecule has 0 amide bonds. The van der Waals surface area contributed by atoms with Crippen LogP contribution >= 0.6 is 0 Å². The monoisotopic (exact) mass is 431 g/mol. The van der Waals surface area contributed by atoms with Crippen LogP contribution in [0.3, 0.4) is 0 Å². The predicted octanol–water partition coefficient (Wildman–Crippen LogP) is 2.23. The molecule has 1 aromatic rings. The maximum atomic E-state index is 13.8. The summed E-state index contributed by atoms with van der Waals surface area (Å²) in [5.41, 5.74) is 0. The van der Waals surface area contributed by atoms with Gasteiger partial charge in [0.25, 0.3) is 0 Å². The highest BCUT2D eigenvalue weighted by molar-refractivity contribution is 7.91. The Bertz CT molecular complexity index is 799. The van der Waals surface area contributed by atoms with Gasteiger partial charge in [-0.25, -0.2) is 12.8 Å². The van der Waals surface area contributed by atoms with Gasteiger partial charge in [-0.1, -0.05) is 25.5 Å². The molecule has 0 aliphatic heterocycles. The number of benzene rings is 1. The van der Waals surface area contributed by atoms with E-state index in [0.717, 1.165) is 31.7 Å². The molecule has 0 bridgehead atoms. The molecule has 9 heteroatoms. The summed E-state index contributed by atoms with van der Waals surface area (Å²) in [5, 5.41) is 6.65. The highest BCUT2D eigenvalue weighted by atomic mass is 32.2. The highest BCUT2D eigenvalue weighted by Crippen LogP contribution is 2.23. The standard InChI is InChI=1S/C19H30FN3O3S2/c1-3-21-19(23-15-8-7-9-16(14-15)27(24)4-2)22-12-13-28(25,26)18-11-6-5-10-17(18)20/h5-6,10-11,15-16H,3-4,7-9,12-14H2,1-2H3,(H2,21,22,23). The number of nitrogens with zero attached hydrogens (tertiary/aromatic N) is 1. The lowest BCUT2D eigenvalue weighted by molar-refractivity contribution is 0.413. The Morgan fingerprint density at radius 2 is 2.04 bits per heavy atom. The van der Waals surface area contributed by atoms with Gasteiger partial charge in [-0.15, -0.1) is 0 Å². The Morgan fingerprint density at radius 3 is 2.71 bits per heavy atom. The van der Waals surface area contributed by atoms with Crippen LogP contribution < -0.4 is 10.6 Å². The van der Waals surface area contributed by atoms with Gasteiger partial charge in [0.1, 0.15) is 10.7 Å². The van der Waals surface area contributed by atoms with Crippen LogP contribution in [0.15, 0.2) is 34.2 Å². The van der Waals surface area contributed by atoms with Crippen molar-refractivity contribution in [3.05, 3.63) is 30.1 Å². The average Bonchev–Trinajstić information content (AvgIpc) is 2.67. The molecule has 28 heavy (non-hydrogen) atoms. The van der Waals surface area contributed by atoms with Crippen molar-refractivity contribution >= 4 is 26.6 Å². The van der Waals surface area contributed by atoms with Crippen LogP contribution in [0.25, 0.3) is 0 Å². The quantitative estimate of drug-likeness (QED) is 0.487. The lowest BCUT2D eigenvalue weighted by Crippen LogP contribution is -2.46. The van der Waals surface area contributed by atoms with Crippen molar-refractivity contribution in [2.75, 3.05) is 24.6 Å². The number of halogens is 1. The molecular weight excluding hydrogens is 401 g/mol. The first-order valence-corrected chi connectivity index (χ1v) is 12.8. The third-order valence-corrected chi connectivity index (χ3v) is 8.23. The minimum absolute atomic E-state index is 0.0308. The Morgan fingerprint density at radius 1 is 1.29 bits per heavy atom. The molecule has 0 spiro atoms. The van der Waals surface area contributed by atoms with E-state index in [1.165, 1.54) is 18.2 Å². The van der Waals surface area contributed by atoms with E-state index in [-0.39, 0.29) is 28.5 Å². The van der Waals surface area contributed by atoms with Crippen LogP contribution in [0, 0.1) is 5.82 Å². The fourth-order valence-corrected chi connectivity index (χ4v) is 5.90. The van der Waals surface area contributed by atoms with Gasteiger partial charge in [-0.05, 0) is 38.3 Å². The Hall–Kier alpha value is -1.48. The molecule has 6 nitrogen and oxygen atoms in total. The van der Waals surface area contributed by atoms with Gasteiger partial charge in [-0.2, -0.15) is 0 Å². The Kier molecular flexibility index (Phi) is 8.88. The first-order chi connectivity index (χ1) is 13.4. The fourth-order valence-electron chi connectivity index (χ4n) is 3.35. The van der Waals surface area contributed by atoms with E-state index in [2.05, 4.69) is 15.6 Å². The topological polar surface area (TPSA) is 87.6 Å². The third-order valence-electron chi connectivity index (χ3n) is 4.77. The molecule has 2 rings (SSSR count). The van der Waals surface area contributed by atoms with Gasteiger partial charge < -0.3 is 10.6 Å². The normalized spacial score (nSPS) is 21.9. The molecule has 0 aromatic heterocycles. The zero-order chi connectivity index (χ0) is 20.6. The lowest BCUT2D eigenvalue weighted by atomic mass is 9.95. The first-order valence-electron chi connectivity index (χ1n) is 9.76. The van der Waals surface area contributed by atoms with Crippen molar-refractivity contribution in [2.24, 2.45) is 4.99 Å². The van der Waals surface area contributed by atoms with Gasteiger partial charge >= 0.3 is 0 Å². The number of guanidine groups is 1. The Balaban J connectivity index is 1.98. The fraction of sp³-hybridized carbons (Fsp3) is 0.632. The smallest absolute Gasteiger partial charge is 0.191 e. The summed E-state index contributed by atoms with van der Waals surface area (Å²) in [6.07, 6.45) is 3.77. The predicted molar refractivity (Wildman–Crippen MR) is 112 cm³/mol. The molecule has 158 valence electrons. The average molecular weight is 432 g/mol. The number of nitrogens with one attached hydrogen (secondary N) is 2. The maximum Gasteiger partial charge on any atom is 0.191 e. The van der Waals surface area contributed by atoms with E-state index < -0.39 is 26.5 Å². The number of rotatable bonds is 8. The molecule has 1 aromatic carbocycles. The Labute approximate surface area is 169 Å². The SMILES string of the molecule is CCNC(=NCCS(=O)(=O)c1ccccc1F)NC1CCCC(S(=O)CC)C1. The molecule has 1 aliphatic carbocycles. The van der Waals surface area contributed by atoms with Gasteiger partial charge in [0.15, 0.2) is 15.8 Å². The number of aliphatic imine (C=N–C) groups is 1. The van der Waals surface area contributed by atoms with Gasteiger partial charge in [0.05, 0.1) is 12.3 Å². The molecule has 3 atom stereocenters. The summed E-state index contributed by atoms with van der Waals surface area (Å²) in [7, 11) is -4.54. The minimum Gasteiger partial charge on any atom is -0.357 e. The summed E-state index contributed by atoms with van der Waals surface area (Å²) in [5.74, 6) is 0.199. The van der Waals surface area contributed by atoms with E-state index in [1.807, 2.05) is 13.8 Å². The summed E-state index contributed by atoms with van der Waals surface area (Å²) in [6, 6.07) is 5.54. The zero-order valence-corrected chi connectivity index (χ0v) is 18.1. The second kappa shape index (κ2) is 10.9. The van der Waals surface area contributed by atoms with Crippen LogP contribution in [0.2, 0.25) is 0 Å². The van der Waals surface area contributed by atoms with Crippen LogP contribution in [-0.4, -0.2) is 54.5 Å². The van der Waals surface area contributed by atoms with Crippen LogP contribution in [0.4, 0.5) is 4.39 Å². The van der Waals surface area contributed by atoms with Crippen LogP contribution in [-0.2, 0) is 20.6 Å². The molecule has 0 heterocycles. The lowest BCUT2D eigenvalue weighted by Gasteiger charge is -2.30. The molecule has 0 radical (unpaired) electrons. The zero-order valence-electron chi connectivity index (χ0n) is 16.5.